The van der Waals surface area contributed by atoms with Gasteiger partial charge in [-0.05, 0) is 178 Å². The van der Waals surface area contributed by atoms with E-state index in [1.165, 1.54) is 133 Å². The molecule has 0 fully saturated rings. The minimum absolute atomic E-state index is 0.282. The summed E-state index contributed by atoms with van der Waals surface area (Å²) in [6.07, 6.45) is 0. The zero-order chi connectivity index (χ0) is 46.0. The van der Waals surface area contributed by atoms with Gasteiger partial charge in [-0.2, -0.15) is 0 Å². The van der Waals surface area contributed by atoms with E-state index in [0.717, 1.165) is 0 Å². The van der Waals surface area contributed by atoms with E-state index in [-0.39, 0.29) is 11.8 Å². The third kappa shape index (κ3) is 7.20. The molecular formula is C64H60N2. The van der Waals surface area contributed by atoms with Gasteiger partial charge in [0.25, 0.3) is 0 Å². The lowest BCUT2D eigenvalue weighted by Crippen LogP contribution is -2.15. The molecule has 0 saturated carbocycles. The summed E-state index contributed by atoms with van der Waals surface area (Å²) < 4.78 is 0. The standard InChI is InChI=1S/C64H60N2/c1-39(2)55-37-61(65(59-35-41(5)27-29-43(59)7)57-25-17-23-49(45(57)9)47-19-13-11-14-20-47)53-34-32-52-56(40(3)4)38-62(54-33-31-51(55)63(53)64(52)54)66(60-36-42(6)28-30-44(60)8)58-26-18-24-50(46(58)10)48-21-15-12-16-22-48/h11-40H,1-10H3. The zero-order valence-electron chi connectivity index (χ0n) is 40.2. The number of hydrogen-bond acceptors (Lipinski definition) is 2. The second-order valence-electron chi connectivity index (χ2n) is 19.2. The Labute approximate surface area is 392 Å². The molecule has 10 rings (SSSR count). The molecule has 0 aromatic heterocycles. The molecule has 0 bridgehead atoms. The van der Waals surface area contributed by atoms with Gasteiger partial charge in [0.15, 0.2) is 0 Å². The van der Waals surface area contributed by atoms with Crippen LogP contribution in [0.4, 0.5) is 34.1 Å². The smallest absolute Gasteiger partial charge is 0.0543 e. The number of anilines is 6. The Balaban J connectivity index is 1.34. The first-order valence-electron chi connectivity index (χ1n) is 23.7. The van der Waals surface area contributed by atoms with Crippen molar-refractivity contribution in [2.75, 3.05) is 9.80 Å². The molecule has 10 aromatic rings. The van der Waals surface area contributed by atoms with E-state index in [0.29, 0.717) is 0 Å². The van der Waals surface area contributed by atoms with Gasteiger partial charge in [0.1, 0.15) is 0 Å². The minimum Gasteiger partial charge on any atom is -0.309 e. The Hall–Kier alpha value is -7.16. The molecule has 0 atom stereocenters. The fraction of sp³-hybridized carbons (Fsp3) is 0.188. The second kappa shape index (κ2) is 17.0. The van der Waals surface area contributed by atoms with Gasteiger partial charge in [-0.25, -0.2) is 0 Å². The van der Waals surface area contributed by atoms with Crippen LogP contribution >= 0.6 is 0 Å². The lowest BCUT2D eigenvalue weighted by molar-refractivity contribution is 0.875. The van der Waals surface area contributed by atoms with Gasteiger partial charge in [-0.1, -0.05) is 161 Å². The first kappa shape index (κ1) is 42.8. The van der Waals surface area contributed by atoms with Crippen molar-refractivity contribution in [1.82, 2.24) is 0 Å². The lowest BCUT2D eigenvalue weighted by Gasteiger charge is -2.34. The normalized spacial score (nSPS) is 11.8. The van der Waals surface area contributed by atoms with Crippen LogP contribution in [0.2, 0.25) is 0 Å². The molecule has 0 heterocycles. The van der Waals surface area contributed by atoms with Crippen LogP contribution in [0.5, 0.6) is 0 Å². The molecule has 2 heteroatoms. The maximum Gasteiger partial charge on any atom is 0.0543 e. The maximum atomic E-state index is 2.58. The molecule has 66 heavy (non-hydrogen) atoms. The van der Waals surface area contributed by atoms with Gasteiger partial charge in [0, 0.05) is 33.5 Å². The van der Waals surface area contributed by atoms with Crippen LogP contribution in [0.15, 0.2) is 170 Å². The number of benzene rings is 10. The van der Waals surface area contributed by atoms with E-state index in [1.807, 2.05) is 0 Å². The van der Waals surface area contributed by atoms with Crippen molar-refractivity contribution in [1.29, 1.82) is 0 Å². The van der Waals surface area contributed by atoms with Gasteiger partial charge < -0.3 is 9.80 Å². The van der Waals surface area contributed by atoms with Crippen molar-refractivity contribution >= 4 is 66.4 Å². The molecule has 0 saturated heterocycles. The van der Waals surface area contributed by atoms with Gasteiger partial charge >= 0.3 is 0 Å². The van der Waals surface area contributed by atoms with Gasteiger partial charge in [0.05, 0.1) is 11.4 Å². The van der Waals surface area contributed by atoms with E-state index in [2.05, 4.69) is 249 Å². The largest absolute Gasteiger partial charge is 0.309 e. The fourth-order valence-corrected chi connectivity index (χ4v) is 10.6. The monoisotopic (exact) mass is 856 g/mol. The van der Waals surface area contributed by atoms with E-state index in [9.17, 15) is 0 Å². The quantitative estimate of drug-likeness (QED) is 0.126. The summed E-state index contributed by atoms with van der Waals surface area (Å²) in [7, 11) is 0. The molecule has 0 aliphatic heterocycles. The van der Waals surface area contributed by atoms with Gasteiger partial charge in [-0.15, -0.1) is 0 Å². The van der Waals surface area contributed by atoms with Crippen LogP contribution in [0.25, 0.3) is 54.6 Å². The third-order valence-corrected chi connectivity index (χ3v) is 14.1. The predicted molar refractivity (Wildman–Crippen MR) is 287 cm³/mol. The highest BCUT2D eigenvalue weighted by molar-refractivity contribution is 6.29. The highest BCUT2D eigenvalue weighted by Gasteiger charge is 2.28. The molecule has 0 N–H and O–H groups in total. The molecular weight excluding hydrogens is 797 g/mol. The summed E-state index contributed by atoms with van der Waals surface area (Å²) in [5.41, 5.74) is 22.3. The zero-order valence-corrected chi connectivity index (χ0v) is 40.2. The summed E-state index contributed by atoms with van der Waals surface area (Å²) in [5.74, 6) is 0.564. The summed E-state index contributed by atoms with van der Waals surface area (Å²) in [6, 6.07) is 63.9. The van der Waals surface area contributed by atoms with Crippen molar-refractivity contribution in [3.8, 4) is 22.3 Å². The van der Waals surface area contributed by atoms with Crippen molar-refractivity contribution in [2.24, 2.45) is 0 Å². The summed E-state index contributed by atoms with van der Waals surface area (Å²) >= 11 is 0. The van der Waals surface area contributed by atoms with E-state index in [1.54, 1.807) is 0 Å². The van der Waals surface area contributed by atoms with Crippen molar-refractivity contribution in [3.63, 3.8) is 0 Å². The molecule has 0 amide bonds. The number of nitrogens with zero attached hydrogens (tertiary/aromatic N) is 2. The molecule has 10 aromatic carbocycles. The molecule has 2 nitrogen and oxygen atoms in total. The van der Waals surface area contributed by atoms with Crippen LogP contribution < -0.4 is 9.80 Å². The molecule has 0 aliphatic carbocycles. The first-order chi connectivity index (χ1) is 31.9. The average Bonchev–Trinajstić information content (AvgIpc) is 3.32. The maximum absolute atomic E-state index is 2.58. The topological polar surface area (TPSA) is 6.48 Å². The highest BCUT2D eigenvalue weighted by Crippen LogP contribution is 2.53. The average molecular weight is 857 g/mol. The van der Waals surface area contributed by atoms with Crippen molar-refractivity contribution in [3.05, 3.63) is 214 Å². The Bertz CT molecular complexity index is 3200. The SMILES string of the molecule is Cc1ccc(C)c(N(c2cccc(-c3ccccc3)c2C)c2cc(C(C)C)c3ccc4c(N(c5cc(C)ccc5C)c5cccc(-c6ccccc6)c5C)cc(C(C)C)c5ccc2c3c54)c1. The summed E-state index contributed by atoms with van der Waals surface area (Å²) in [5, 5.41) is 7.82. The van der Waals surface area contributed by atoms with E-state index >= 15 is 0 Å². The molecule has 0 unspecified atom stereocenters. The van der Waals surface area contributed by atoms with Gasteiger partial charge in [-0.3, -0.25) is 0 Å². The van der Waals surface area contributed by atoms with Crippen LogP contribution in [0.3, 0.4) is 0 Å². The first-order valence-corrected chi connectivity index (χ1v) is 23.7. The second-order valence-corrected chi connectivity index (χ2v) is 19.2. The number of rotatable bonds is 10. The molecule has 0 aliphatic rings. The summed E-state index contributed by atoms with van der Waals surface area (Å²) in [6.45, 7) is 23.0. The predicted octanol–water partition coefficient (Wildman–Crippen LogP) is 19.0. The Morgan fingerprint density at radius 2 is 0.697 bits per heavy atom. The van der Waals surface area contributed by atoms with Crippen LogP contribution in [0.1, 0.15) is 84.0 Å². The third-order valence-electron chi connectivity index (χ3n) is 14.1. The fourth-order valence-electron chi connectivity index (χ4n) is 10.6. The lowest BCUT2D eigenvalue weighted by atomic mass is 9.83. The van der Waals surface area contributed by atoms with E-state index in [4.69, 9.17) is 0 Å². The molecule has 326 valence electrons. The summed E-state index contributed by atoms with van der Waals surface area (Å²) in [4.78, 5) is 5.15. The number of aryl methyl sites for hydroxylation is 4. The molecule has 0 radical (unpaired) electrons. The van der Waals surface area contributed by atoms with Crippen molar-refractivity contribution < 1.29 is 0 Å². The van der Waals surface area contributed by atoms with Crippen LogP contribution in [0, 0.1) is 41.5 Å². The Morgan fingerprint density at radius 3 is 1.08 bits per heavy atom. The van der Waals surface area contributed by atoms with Crippen LogP contribution in [-0.2, 0) is 0 Å². The van der Waals surface area contributed by atoms with Crippen molar-refractivity contribution in [2.45, 2.75) is 81.1 Å². The Kier molecular flexibility index (Phi) is 11.0. The molecule has 0 spiro atoms. The van der Waals surface area contributed by atoms with Gasteiger partial charge in [0.2, 0.25) is 0 Å². The van der Waals surface area contributed by atoms with E-state index < -0.39 is 0 Å². The highest BCUT2D eigenvalue weighted by atomic mass is 15.2. The number of hydrogen-bond donors (Lipinski definition) is 0. The Morgan fingerprint density at radius 1 is 0.318 bits per heavy atom. The van der Waals surface area contributed by atoms with Crippen LogP contribution in [-0.4, -0.2) is 0 Å². The minimum atomic E-state index is 0.282.